The highest BCUT2D eigenvalue weighted by Crippen LogP contribution is 2.30. The Bertz CT molecular complexity index is 706. The van der Waals surface area contributed by atoms with Crippen LogP contribution in [0.5, 0.6) is 0 Å². The van der Waals surface area contributed by atoms with Gasteiger partial charge >= 0.3 is 0 Å². The van der Waals surface area contributed by atoms with Crippen molar-refractivity contribution in [3.63, 3.8) is 0 Å². The summed E-state index contributed by atoms with van der Waals surface area (Å²) in [6.45, 7) is 0. The molecule has 1 heterocycles. The largest absolute Gasteiger partial charge is 0.382 e. The Labute approximate surface area is 136 Å². The van der Waals surface area contributed by atoms with E-state index in [-0.39, 0.29) is 28.8 Å². The fourth-order valence-electron chi connectivity index (χ4n) is 1.68. The third kappa shape index (κ3) is 2.69. The van der Waals surface area contributed by atoms with Crippen LogP contribution in [0.4, 0.5) is 16.2 Å². The molecule has 1 aromatic heterocycles. The van der Waals surface area contributed by atoms with Gasteiger partial charge in [-0.2, -0.15) is 10.2 Å². The molecule has 0 saturated carbocycles. The number of anilines is 2. The maximum atomic E-state index is 14.0. The Morgan fingerprint density at radius 3 is 2.60 bits per heavy atom. The van der Waals surface area contributed by atoms with Gasteiger partial charge in [-0.1, -0.05) is 15.9 Å². The van der Waals surface area contributed by atoms with Crippen LogP contribution >= 0.6 is 38.5 Å². The van der Waals surface area contributed by atoms with Crippen molar-refractivity contribution in [1.29, 1.82) is 5.26 Å². The molecular weight excluding hydrogens is 440 g/mol. The standard InChI is InChI=1S/C12H8BrFIN5/c13-3-6-8(14)1-5(2-9(6)15)10-7(4-16)11(17)20-12(18)19-10/h1-2H,3H2,(H4,17,18,19,20). The second kappa shape index (κ2) is 5.88. The van der Waals surface area contributed by atoms with Crippen LogP contribution < -0.4 is 11.5 Å². The van der Waals surface area contributed by atoms with Crippen molar-refractivity contribution in [3.8, 4) is 17.3 Å². The van der Waals surface area contributed by atoms with Gasteiger partial charge in [0.25, 0.3) is 0 Å². The molecule has 20 heavy (non-hydrogen) atoms. The second-order valence-electron chi connectivity index (χ2n) is 3.85. The Morgan fingerprint density at radius 2 is 2.05 bits per heavy atom. The number of halogens is 3. The Balaban J connectivity index is 2.73. The second-order valence-corrected chi connectivity index (χ2v) is 5.58. The van der Waals surface area contributed by atoms with Crippen molar-refractivity contribution in [3.05, 3.63) is 32.6 Å². The fraction of sp³-hybridized carbons (Fsp3) is 0.0833. The molecule has 2 aromatic rings. The zero-order chi connectivity index (χ0) is 14.9. The molecule has 2 rings (SSSR count). The van der Waals surface area contributed by atoms with Crippen LogP contribution in [0.3, 0.4) is 0 Å². The van der Waals surface area contributed by atoms with E-state index in [2.05, 4.69) is 25.9 Å². The average molecular weight is 448 g/mol. The van der Waals surface area contributed by atoms with E-state index in [1.54, 1.807) is 6.07 Å². The van der Waals surface area contributed by atoms with Gasteiger partial charge in [0.1, 0.15) is 23.3 Å². The summed E-state index contributed by atoms with van der Waals surface area (Å²) in [4.78, 5) is 7.72. The molecule has 0 bridgehead atoms. The molecule has 0 fully saturated rings. The molecule has 0 spiro atoms. The molecular formula is C12H8BrFIN5. The van der Waals surface area contributed by atoms with E-state index in [0.717, 1.165) is 0 Å². The van der Waals surface area contributed by atoms with Crippen LogP contribution in [0.15, 0.2) is 12.1 Å². The zero-order valence-corrected chi connectivity index (χ0v) is 13.7. The molecule has 0 aliphatic heterocycles. The van der Waals surface area contributed by atoms with Gasteiger partial charge in [-0.15, -0.1) is 0 Å². The minimum Gasteiger partial charge on any atom is -0.382 e. The van der Waals surface area contributed by atoms with Gasteiger partial charge in [0.05, 0.1) is 5.69 Å². The lowest BCUT2D eigenvalue weighted by Crippen LogP contribution is -2.05. The third-order valence-electron chi connectivity index (χ3n) is 2.61. The predicted molar refractivity (Wildman–Crippen MR) is 86.3 cm³/mol. The number of nitrogens with zero attached hydrogens (tertiary/aromatic N) is 3. The summed E-state index contributed by atoms with van der Waals surface area (Å²) in [6, 6.07) is 4.95. The van der Waals surface area contributed by atoms with Crippen molar-refractivity contribution in [2.75, 3.05) is 11.5 Å². The number of nitrogen functional groups attached to an aromatic ring is 2. The van der Waals surface area contributed by atoms with E-state index in [1.165, 1.54) is 6.07 Å². The SMILES string of the molecule is N#Cc1c(N)nc(N)nc1-c1cc(F)c(CBr)c(I)c1. The molecule has 0 aliphatic rings. The van der Waals surface area contributed by atoms with E-state index in [4.69, 9.17) is 16.7 Å². The molecule has 0 aliphatic carbocycles. The van der Waals surface area contributed by atoms with Crippen LogP contribution in [0.2, 0.25) is 0 Å². The highest BCUT2D eigenvalue weighted by Gasteiger charge is 2.16. The first kappa shape index (κ1) is 14.9. The van der Waals surface area contributed by atoms with E-state index >= 15 is 0 Å². The van der Waals surface area contributed by atoms with E-state index in [9.17, 15) is 4.39 Å². The number of hydrogen-bond donors (Lipinski definition) is 2. The van der Waals surface area contributed by atoms with Crippen LogP contribution in [-0.4, -0.2) is 9.97 Å². The Morgan fingerprint density at radius 1 is 1.35 bits per heavy atom. The first-order valence-corrected chi connectivity index (χ1v) is 7.55. The number of alkyl halides is 1. The normalized spacial score (nSPS) is 10.3. The smallest absolute Gasteiger partial charge is 0.222 e. The fourth-order valence-corrected chi connectivity index (χ4v) is 3.56. The number of hydrogen-bond acceptors (Lipinski definition) is 5. The first-order chi connectivity index (χ1) is 9.47. The minimum atomic E-state index is -0.386. The zero-order valence-electron chi connectivity index (χ0n) is 9.99. The molecule has 1 aromatic carbocycles. The molecule has 0 unspecified atom stereocenters. The average Bonchev–Trinajstić information content (AvgIpc) is 2.37. The molecule has 102 valence electrons. The number of nitrogens with two attached hydrogens (primary N) is 2. The molecule has 0 amide bonds. The lowest BCUT2D eigenvalue weighted by atomic mass is 10.0. The van der Waals surface area contributed by atoms with Crippen LogP contribution in [0, 0.1) is 20.7 Å². The van der Waals surface area contributed by atoms with Gasteiger partial charge in [-0.05, 0) is 34.7 Å². The van der Waals surface area contributed by atoms with Crippen molar-refractivity contribution >= 4 is 50.3 Å². The van der Waals surface area contributed by atoms with Crippen molar-refractivity contribution in [2.24, 2.45) is 0 Å². The summed E-state index contributed by atoms with van der Waals surface area (Å²) < 4.78 is 14.7. The minimum absolute atomic E-state index is 0.0185. The van der Waals surface area contributed by atoms with E-state index in [1.807, 2.05) is 28.7 Å². The summed E-state index contributed by atoms with van der Waals surface area (Å²) in [5.74, 6) is -0.463. The summed E-state index contributed by atoms with van der Waals surface area (Å²) in [7, 11) is 0. The lowest BCUT2D eigenvalue weighted by molar-refractivity contribution is 0.617. The third-order valence-corrected chi connectivity index (χ3v) is 4.14. The summed E-state index contributed by atoms with van der Waals surface area (Å²) in [5, 5.41) is 9.54. The van der Waals surface area contributed by atoms with Gasteiger partial charge in [0, 0.05) is 20.0 Å². The maximum absolute atomic E-state index is 14.0. The van der Waals surface area contributed by atoms with Crippen molar-refractivity contribution in [2.45, 2.75) is 5.33 Å². The van der Waals surface area contributed by atoms with Gasteiger partial charge in [0.15, 0.2) is 0 Å². The number of benzene rings is 1. The molecule has 5 nitrogen and oxygen atoms in total. The highest BCUT2D eigenvalue weighted by atomic mass is 127. The molecule has 0 saturated heterocycles. The first-order valence-electron chi connectivity index (χ1n) is 5.35. The quantitative estimate of drug-likeness (QED) is 0.544. The van der Waals surface area contributed by atoms with Gasteiger partial charge in [-0.3, -0.25) is 0 Å². The van der Waals surface area contributed by atoms with Gasteiger partial charge in [0.2, 0.25) is 5.95 Å². The van der Waals surface area contributed by atoms with Crippen LogP contribution in [-0.2, 0) is 5.33 Å². The van der Waals surface area contributed by atoms with Crippen LogP contribution in [0.1, 0.15) is 11.1 Å². The van der Waals surface area contributed by atoms with Gasteiger partial charge < -0.3 is 11.5 Å². The van der Waals surface area contributed by atoms with Gasteiger partial charge in [-0.25, -0.2) is 9.37 Å². The van der Waals surface area contributed by atoms with E-state index in [0.29, 0.717) is 20.0 Å². The number of aromatic nitrogens is 2. The molecule has 0 radical (unpaired) electrons. The summed E-state index contributed by atoms with van der Waals surface area (Å²) in [5.41, 5.74) is 12.5. The Kier molecular flexibility index (Phi) is 4.39. The molecule has 8 heteroatoms. The molecule has 0 atom stereocenters. The summed E-state index contributed by atoms with van der Waals surface area (Å²) in [6.07, 6.45) is 0. The molecule has 4 N–H and O–H groups in total. The number of rotatable bonds is 2. The number of nitriles is 1. The van der Waals surface area contributed by atoms with E-state index < -0.39 is 0 Å². The Hall–Kier alpha value is -1.47. The monoisotopic (exact) mass is 447 g/mol. The highest BCUT2D eigenvalue weighted by molar-refractivity contribution is 14.1. The van der Waals surface area contributed by atoms with Crippen LogP contribution in [0.25, 0.3) is 11.3 Å². The summed E-state index contributed by atoms with van der Waals surface area (Å²) >= 11 is 5.25. The predicted octanol–water partition coefficient (Wildman–Crippen LogP) is 2.82. The maximum Gasteiger partial charge on any atom is 0.222 e. The van der Waals surface area contributed by atoms with Crippen molar-refractivity contribution < 1.29 is 4.39 Å². The van der Waals surface area contributed by atoms with Crippen molar-refractivity contribution in [1.82, 2.24) is 9.97 Å². The lowest BCUT2D eigenvalue weighted by Gasteiger charge is -2.09. The topological polar surface area (TPSA) is 102 Å².